The second kappa shape index (κ2) is 6.52. The van der Waals surface area contributed by atoms with E-state index in [0.29, 0.717) is 28.8 Å². The molecule has 2 amide bonds. The zero-order chi connectivity index (χ0) is 22.1. The van der Waals surface area contributed by atoms with Gasteiger partial charge >= 0.3 is 0 Å². The third kappa shape index (κ3) is 2.24. The zero-order valence-corrected chi connectivity index (χ0v) is 17.6. The standard InChI is InChI=1S/C24H22N2O5/c1-4-25-17-8-6-5-7-16(17)24(23(25)30)19-20(28)15-11-13(2)14(3)12-18(15)31-21(19)22(29)26(24)9-10-27/h5-8,11-12,27H,4,9-10H2,1-3H3. The molecule has 1 aromatic heterocycles. The number of carbonyl (C=O) groups is 2. The van der Waals surface area contributed by atoms with E-state index in [1.54, 1.807) is 35.2 Å². The van der Waals surface area contributed by atoms with Gasteiger partial charge in [-0.1, -0.05) is 18.2 Å². The highest BCUT2D eigenvalue weighted by molar-refractivity contribution is 6.17. The highest BCUT2D eigenvalue weighted by Crippen LogP contribution is 2.52. The van der Waals surface area contributed by atoms with E-state index in [1.165, 1.54) is 4.90 Å². The van der Waals surface area contributed by atoms with Crippen LogP contribution in [0.2, 0.25) is 0 Å². The lowest BCUT2D eigenvalue weighted by atomic mass is 9.84. The Morgan fingerprint density at radius 2 is 1.77 bits per heavy atom. The predicted molar refractivity (Wildman–Crippen MR) is 115 cm³/mol. The highest BCUT2D eigenvalue weighted by Gasteiger charge is 2.64. The summed E-state index contributed by atoms with van der Waals surface area (Å²) in [4.78, 5) is 44.0. The lowest BCUT2D eigenvalue weighted by molar-refractivity contribution is -0.126. The predicted octanol–water partition coefficient (Wildman–Crippen LogP) is 2.47. The maximum atomic E-state index is 13.9. The van der Waals surface area contributed by atoms with Crippen LogP contribution in [0, 0.1) is 13.8 Å². The summed E-state index contributed by atoms with van der Waals surface area (Å²) in [6, 6.07) is 10.6. The van der Waals surface area contributed by atoms with Crippen molar-refractivity contribution in [3.8, 4) is 0 Å². The van der Waals surface area contributed by atoms with Crippen molar-refractivity contribution in [2.24, 2.45) is 0 Å². The molecule has 0 radical (unpaired) electrons. The Bertz CT molecular complexity index is 1340. The lowest BCUT2D eigenvalue weighted by Gasteiger charge is -2.33. The lowest BCUT2D eigenvalue weighted by Crippen LogP contribution is -2.54. The van der Waals surface area contributed by atoms with E-state index in [0.717, 1.165) is 11.1 Å². The summed E-state index contributed by atoms with van der Waals surface area (Å²) in [7, 11) is 0. The first kappa shape index (κ1) is 19.5. The van der Waals surface area contributed by atoms with Crippen molar-refractivity contribution >= 4 is 28.5 Å². The average molecular weight is 418 g/mol. The van der Waals surface area contributed by atoms with Crippen LogP contribution in [0.5, 0.6) is 0 Å². The number of amides is 2. The summed E-state index contributed by atoms with van der Waals surface area (Å²) in [6.07, 6.45) is 0. The molecular weight excluding hydrogens is 396 g/mol. The molecule has 7 heteroatoms. The Kier molecular flexibility index (Phi) is 4.10. The van der Waals surface area contributed by atoms with E-state index in [4.69, 9.17) is 4.42 Å². The average Bonchev–Trinajstić information content (AvgIpc) is 3.15. The van der Waals surface area contributed by atoms with Gasteiger partial charge in [0, 0.05) is 18.7 Å². The normalized spacial score (nSPS) is 19.6. The number of hydrogen-bond donors (Lipinski definition) is 1. The number of rotatable bonds is 3. The van der Waals surface area contributed by atoms with E-state index in [1.807, 2.05) is 26.8 Å². The molecule has 0 saturated carbocycles. The summed E-state index contributed by atoms with van der Waals surface area (Å²) >= 11 is 0. The zero-order valence-electron chi connectivity index (χ0n) is 17.6. The molecule has 0 saturated heterocycles. The number of aryl methyl sites for hydroxylation is 2. The number of para-hydroxylation sites is 1. The Morgan fingerprint density at radius 3 is 2.48 bits per heavy atom. The van der Waals surface area contributed by atoms with Crippen molar-refractivity contribution in [1.29, 1.82) is 0 Å². The molecule has 3 heterocycles. The molecule has 2 aliphatic rings. The summed E-state index contributed by atoms with van der Waals surface area (Å²) in [5.41, 5.74) is 1.36. The van der Waals surface area contributed by atoms with Crippen LogP contribution in [0.25, 0.3) is 11.0 Å². The fourth-order valence-corrected chi connectivity index (χ4v) is 4.96. The van der Waals surface area contributed by atoms with Crippen molar-refractivity contribution in [2.75, 3.05) is 24.6 Å². The minimum atomic E-state index is -1.64. The molecule has 0 bridgehead atoms. The van der Waals surface area contributed by atoms with Gasteiger partial charge in [-0.05, 0) is 50.1 Å². The number of aliphatic hydroxyl groups is 1. The number of anilines is 1. The first-order chi connectivity index (χ1) is 14.9. The van der Waals surface area contributed by atoms with Crippen molar-refractivity contribution in [1.82, 2.24) is 4.90 Å². The molecule has 2 aliphatic heterocycles. The molecule has 5 rings (SSSR count). The summed E-state index contributed by atoms with van der Waals surface area (Å²) < 4.78 is 5.99. The van der Waals surface area contributed by atoms with Gasteiger partial charge in [0.2, 0.25) is 5.76 Å². The molecule has 0 aliphatic carbocycles. The van der Waals surface area contributed by atoms with E-state index in [9.17, 15) is 19.5 Å². The highest BCUT2D eigenvalue weighted by atomic mass is 16.3. The molecule has 31 heavy (non-hydrogen) atoms. The van der Waals surface area contributed by atoms with E-state index >= 15 is 0 Å². The molecule has 1 atom stereocenters. The third-order valence-electron chi connectivity index (χ3n) is 6.49. The fourth-order valence-electron chi connectivity index (χ4n) is 4.96. The second-order valence-corrected chi connectivity index (χ2v) is 8.03. The van der Waals surface area contributed by atoms with Crippen LogP contribution in [0.15, 0.2) is 45.6 Å². The van der Waals surface area contributed by atoms with E-state index in [2.05, 4.69) is 0 Å². The van der Waals surface area contributed by atoms with Crippen molar-refractivity contribution in [3.05, 3.63) is 74.6 Å². The summed E-state index contributed by atoms with van der Waals surface area (Å²) in [6.45, 7) is 5.57. The Hall–Kier alpha value is -3.45. The quantitative estimate of drug-likeness (QED) is 0.706. The molecule has 0 fully saturated rings. The summed E-state index contributed by atoms with van der Waals surface area (Å²) in [5, 5.41) is 10.1. The topological polar surface area (TPSA) is 91.1 Å². The van der Waals surface area contributed by atoms with Crippen LogP contribution in [-0.2, 0) is 10.3 Å². The van der Waals surface area contributed by atoms with Crippen molar-refractivity contribution < 1.29 is 19.1 Å². The SMILES string of the molecule is CCN1C(=O)C2(c3ccccc31)c1c(oc3cc(C)c(C)cc3c1=O)C(=O)N2CCO. The van der Waals surface area contributed by atoms with Crippen LogP contribution in [-0.4, -0.2) is 41.5 Å². The van der Waals surface area contributed by atoms with Crippen LogP contribution in [0.3, 0.4) is 0 Å². The van der Waals surface area contributed by atoms with Gasteiger partial charge in [-0.25, -0.2) is 0 Å². The monoisotopic (exact) mass is 418 g/mol. The Morgan fingerprint density at radius 1 is 1.06 bits per heavy atom. The smallest absolute Gasteiger partial charge is 0.291 e. The maximum absolute atomic E-state index is 13.9. The molecule has 158 valence electrons. The van der Waals surface area contributed by atoms with Crippen LogP contribution < -0.4 is 10.3 Å². The van der Waals surface area contributed by atoms with Gasteiger partial charge in [0.1, 0.15) is 5.58 Å². The van der Waals surface area contributed by atoms with Gasteiger partial charge in [-0.2, -0.15) is 0 Å². The van der Waals surface area contributed by atoms with Gasteiger partial charge < -0.3 is 19.3 Å². The number of carbonyl (C=O) groups excluding carboxylic acids is 2. The van der Waals surface area contributed by atoms with Crippen LogP contribution in [0.4, 0.5) is 5.69 Å². The van der Waals surface area contributed by atoms with Crippen LogP contribution in [0.1, 0.15) is 39.7 Å². The number of nitrogens with zero attached hydrogens (tertiary/aromatic N) is 2. The van der Waals surface area contributed by atoms with Gasteiger partial charge in [0.15, 0.2) is 11.0 Å². The van der Waals surface area contributed by atoms with E-state index < -0.39 is 16.9 Å². The number of fused-ring (bicyclic) bond motifs is 5. The summed E-state index contributed by atoms with van der Waals surface area (Å²) in [5.74, 6) is -1.08. The Balaban J connectivity index is 1.95. The number of likely N-dealkylation sites (N-methyl/N-ethyl adjacent to an activating group) is 1. The van der Waals surface area contributed by atoms with Crippen molar-refractivity contribution in [3.63, 3.8) is 0 Å². The minimum Gasteiger partial charge on any atom is -0.450 e. The van der Waals surface area contributed by atoms with Gasteiger partial charge in [-0.15, -0.1) is 0 Å². The number of β-amino-alcohol motifs (C(OH)–C–C–N with tert-alkyl or cyclic N) is 1. The largest absolute Gasteiger partial charge is 0.450 e. The first-order valence-electron chi connectivity index (χ1n) is 10.3. The molecular formula is C24H22N2O5. The van der Waals surface area contributed by atoms with Crippen LogP contribution >= 0.6 is 0 Å². The molecule has 1 unspecified atom stereocenters. The molecule has 1 spiro atoms. The fraction of sp³-hybridized carbons (Fsp3) is 0.292. The van der Waals surface area contributed by atoms with E-state index in [-0.39, 0.29) is 30.4 Å². The van der Waals surface area contributed by atoms with Gasteiger partial charge in [0.05, 0.1) is 23.2 Å². The maximum Gasteiger partial charge on any atom is 0.291 e. The number of aliphatic hydroxyl groups excluding tert-OH is 1. The first-order valence-corrected chi connectivity index (χ1v) is 10.3. The molecule has 2 aromatic carbocycles. The second-order valence-electron chi connectivity index (χ2n) is 8.03. The van der Waals surface area contributed by atoms with Gasteiger partial charge in [0.25, 0.3) is 11.8 Å². The van der Waals surface area contributed by atoms with Crippen molar-refractivity contribution in [2.45, 2.75) is 26.3 Å². The molecule has 3 aromatic rings. The number of hydrogen-bond acceptors (Lipinski definition) is 5. The number of benzene rings is 2. The Labute approximate surface area is 178 Å². The van der Waals surface area contributed by atoms with Gasteiger partial charge in [-0.3, -0.25) is 14.4 Å². The molecule has 1 N–H and O–H groups in total. The third-order valence-corrected chi connectivity index (χ3v) is 6.49. The molecule has 7 nitrogen and oxygen atoms in total. The minimum absolute atomic E-state index is 0.0371.